The largest absolute Gasteiger partial charge is 0.493 e. The van der Waals surface area contributed by atoms with Crippen LogP contribution in [0.4, 0.5) is 0 Å². The van der Waals surface area contributed by atoms with Crippen LogP contribution in [0.2, 0.25) is 0 Å². The molecule has 12 unspecified atom stereocenters. The number of carbonyl (C=O) groups is 2. The Kier molecular flexibility index (Phi) is 15.7. The smallest absolute Gasteiger partial charge is 0.323 e. The molecule has 0 aromatic heterocycles. The van der Waals surface area contributed by atoms with Crippen LogP contribution < -0.4 is 0 Å². The number of carboxylic acids is 2. The van der Waals surface area contributed by atoms with Crippen molar-refractivity contribution < 1.29 is 39.5 Å². The highest BCUT2D eigenvalue weighted by atomic mass is 16.5. The van der Waals surface area contributed by atoms with E-state index in [1.807, 2.05) is 0 Å². The first-order chi connectivity index (χ1) is 34.1. The summed E-state index contributed by atoms with van der Waals surface area (Å²) in [6, 6.07) is 0. The van der Waals surface area contributed by atoms with E-state index in [-0.39, 0.29) is 34.6 Å². The zero-order valence-electron chi connectivity index (χ0n) is 47.2. The Bertz CT molecular complexity index is 1870. The lowest BCUT2D eigenvalue weighted by Gasteiger charge is -2.61. The molecular formula is C64H104O8. The molecule has 0 saturated heterocycles. The third-order valence-electron chi connectivity index (χ3n) is 25.1. The van der Waals surface area contributed by atoms with Crippen molar-refractivity contribution in [2.45, 2.75) is 236 Å². The first-order valence-electron chi connectivity index (χ1n) is 30.6. The molecular weight excluding hydrogens is 897 g/mol. The Hall–Kier alpha value is -2.06. The predicted molar refractivity (Wildman–Crippen MR) is 286 cm³/mol. The number of hydrogen-bond donors (Lipinski definition) is 4. The monoisotopic (exact) mass is 1000 g/mol. The molecule has 8 nitrogen and oxygen atoms in total. The van der Waals surface area contributed by atoms with E-state index in [9.17, 15) is 30.0 Å². The van der Waals surface area contributed by atoms with Gasteiger partial charge in [0.15, 0.2) is 10.8 Å². The molecule has 0 amide bonds. The maximum absolute atomic E-state index is 13.6. The Morgan fingerprint density at radius 1 is 0.500 bits per heavy atom. The number of ether oxygens (including phenoxy) is 2. The van der Waals surface area contributed by atoms with Crippen LogP contribution in [0.5, 0.6) is 0 Å². The van der Waals surface area contributed by atoms with E-state index in [1.54, 1.807) is 0 Å². The average Bonchev–Trinajstić information content (AvgIpc) is 3.88. The summed E-state index contributed by atoms with van der Waals surface area (Å²) in [6.07, 6.45) is 30.6. The molecule has 8 fully saturated rings. The summed E-state index contributed by atoms with van der Waals surface area (Å²) < 4.78 is 13.6. The van der Waals surface area contributed by atoms with Crippen molar-refractivity contribution in [1.29, 1.82) is 0 Å². The number of carboxylic acid groups (broad SMARTS) is 2. The molecule has 0 aliphatic heterocycles. The predicted octanol–water partition coefficient (Wildman–Crippen LogP) is 14.9. The fraction of sp³-hybridized carbons (Fsp3) is 0.906. The van der Waals surface area contributed by atoms with E-state index in [0.29, 0.717) is 34.5 Å². The molecule has 0 spiro atoms. The van der Waals surface area contributed by atoms with Gasteiger partial charge in [-0.25, -0.2) is 0 Å². The van der Waals surface area contributed by atoms with Gasteiger partial charge in [-0.3, -0.25) is 9.59 Å². The van der Waals surface area contributed by atoms with Gasteiger partial charge in [0.2, 0.25) is 0 Å². The highest BCUT2D eigenvalue weighted by molar-refractivity contribution is 5.87. The Morgan fingerprint density at radius 2 is 0.861 bits per heavy atom. The van der Waals surface area contributed by atoms with Crippen LogP contribution in [0.15, 0.2) is 23.7 Å². The molecule has 4 N–H and O–H groups in total. The SMILES string of the molecule is CC(C)CCC[C@@H](C)[C@H]1CCC2C3CCC4CC(OC5=CC(CO)(C(=O)O)C(OC6CC[C@@]7(C)C(CCC8C7CC[C@@]7(C)C8CC[C@@H]7[C@H](C)CCCC(C)C)C6)=CC5(CO)C(=O)O)CC[C@]4(C)C3CC[C@@]21C. The summed E-state index contributed by atoms with van der Waals surface area (Å²) in [4.78, 5) is 27.1. The second kappa shape index (κ2) is 20.7. The molecule has 408 valence electrons. The minimum absolute atomic E-state index is 0.0746. The summed E-state index contributed by atoms with van der Waals surface area (Å²) in [6.45, 7) is 23.3. The average molecular weight is 1000 g/mol. The second-order valence-corrected chi connectivity index (χ2v) is 29.3. The van der Waals surface area contributed by atoms with Crippen LogP contribution in [-0.2, 0) is 19.1 Å². The zero-order valence-corrected chi connectivity index (χ0v) is 47.2. The summed E-state index contributed by atoms with van der Waals surface area (Å²) in [5, 5.41) is 44.4. The van der Waals surface area contributed by atoms with Crippen molar-refractivity contribution in [3.05, 3.63) is 23.7 Å². The normalized spacial score (nSPS) is 46.4. The Balaban J connectivity index is 0.865. The van der Waals surface area contributed by atoms with Gasteiger partial charge in [-0.05, 0) is 232 Å². The highest BCUT2D eigenvalue weighted by Crippen LogP contribution is 2.71. The molecule has 0 radical (unpaired) electrons. The number of aliphatic hydroxyl groups is 2. The van der Waals surface area contributed by atoms with Crippen LogP contribution in [0, 0.1) is 115 Å². The van der Waals surface area contributed by atoms with Crippen LogP contribution in [0.25, 0.3) is 0 Å². The second-order valence-electron chi connectivity index (χ2n) is 29.3. The maximum Gasteiger partial charge on any atom is 0.323 e. The minimum atomic E-state index is -2.03. The molecule has 9 aliphatic carbocycles. The van der Waals surface area contributed by atoms with Gasteiger partial charge in [-0.15, -0.1) is 0 Å². The summed E-state index contributed by atoms with van der Waals surface area (Å²) >= 11 is 0. The standard InChI is InChI=1S/C64H104O8/c1-39(2)13-11-15-41(5)49-21-23-51-47-19-17-43-33-45(25-29-59(43,7)53(47)27-31-61(49,51)9)71-55-35-64(38-66,58(69)70)56(36-63(55,37-65)57(67)68)72-46-26-30-60(8)44(34-46)18-20-48-52-24-22-50(42(6)16-12-14-40(3)4)62(52,10)32-28-54(48)60/h35-36,39-54,65-66H,11-34,37-38H2,1-10H3,(H,67,68)(H,69,70)/t41-,42-,43?,44?,45?,46?,47?,48?,49-,50-,51?,52?,53?,54?,59+,60+,61-,62-,63?,64?/m1/s1. The van der Waals surface area contributed by atoms with Gasteiger partial charge in [-0.1, -0.05) is 108 Å². The van der Waals surface area contributed by atoms with Crippen LogP contribution >= 0.6 is 0 Å². The van der Waals surface area contributed by atoms with Crippen molar-refractivity contribution in [2.24, 2.45) is 115 Å². The van der Waals surface area contributed by atoms with Gasteiger partial charge in [-0.2, -0.15) is 0 Å². The fourth-order valence-corrected chi connectivity index (χ4v) is 20.9. The summed E-state index contributed by atoms with van der Waals surface area (Å²) in [7, 11) is 0. The third-order valence-corrected chi connectivity index (χ3v) is 25.1. The lowest BCUT2D eigenvalue weighted by molar-refractivity contribution is -0.158. The van der Waals surface area contributed by atoms with E-state index in [1.165, 1.54) is 115 Å². The lowest BCUT2D eigenvalue weighted by Crippen LogP contribution is -2.55. The van der Waals surface area contributed by atoms with Crippen molar-refractivity contribution in [2.75, 3.05) is 13.2 Å². The van der Waals surface area contributed by atoms with E-state index in [4.69, 9.17) is 9.47 Å². The number of hydrogen-bond acceptors (Lipinski definition) is 6. The topological polar surface area (TPSA) is 134 Å². The Morgan fingerprint density at radius 3 is 1.21 bits per heavy atom. The molecule has 20 atom stereocenters. The van der Waals surface area contributed by atoms with Crippen LogP contribution in [0.1, 0.15) is 223 Å². The number of rotatable bonds is 18. The van der Waals surface area contributed by atoms with E-state index in [0.717, 1.165) is 111 Å². The van der Waals surface area contributed by atoms with Crippen LogP contribution in [0.3, 0.4) is 0 Å². The zero-order chi connectivity index (χ0) is 51.8. The Labute approximate surface area is 437 Å². The molecule has 8 saturated carbocycles. The van der Waals surface area contributed by atoms with Gasteiger partial charge in [0.25, 0.3) is 0 Å². The highest BCUT2D eigenvalue weighted by Gasteiger charge is 2.64. The van der Waals surface area contributed by atoms with E-state index < -0.39 is 36.0 Å². The van der Waals surface area contributed by atoms with Gasteiger partial charge >= 0.3 is 11.9 Å². The van der Waals surface area contributed by atoms with Gasteiger partial charge in [0.05, 0.1) is 25.4 Å². The quantitative estimate of drug-likeness (QED) is 0.107. The van der Waals surface area contributed by atoms with E-state index >= 15 is 0 Å². The first kappa shape index (κ1) is 54.7. The molecule has 0 aromatic carbocycles. The molecule has 9 rings (SSSR count). The lowest BCUT2D eigenvalue weighted by atomic mass is 9.44. The molecule has 0 bridgehead atoms. The van der Waals surface area contributed by atoms with Crippen LogP contribution in [-0.4, -0.2) is 57.8 Å². The van der Waals surface area contributed by atoms with Gasteiger partial charge in [0, 0.05) is 0 Å². The third kappa shape index (κ3) is 9.20. The summed E-state index contributed by atoms with van der Waals surface area (Å²) in [5.74, 6) is 7.29. The molecule has 8 heteroatoms. The number of fused-ring (bicyclic) bond motifs is 10. The first-order valence-corrected chi connectivity index (χ1v) is 30.6. The minimum Gasteiger partial charge on any atom is -0.493 e. The summed E-state index contributed by atoms with van der Waals surface area (Å²) in [5.41, 5.74) is -2.83. The van der Waals surface area contributed by atoms with Crippen molar-refractivity contribution in [3.8, 4) is 0 Å². The van der Waals surface area contributed by atoms with Gasteiger partial charge < -0.3 is 29.9 Å². The van der Waals surface area contributed by atoms with E-state index in [2.05, 4.69) is 69.2 Å². The molecule has 0 heterocycles. The molecule has 9 aliphatic rings. The molecule has 72 heavy (non-hydrogen) atoms. The van der Waals surface area contributed by atoms with Crippen molar-refractivity contribution in [3.63, 3.8) is 0 Å². The molecule has 0 aromatic rings. The van der Waals surface area contributed by atoms with Crippen molar-refractivity contribution >= 4 is 11.9 Å². The van der Waals surface area contributed by atoms with Gasteiger partial charge in [0.1, 0.15) is 11.5 Å². The van der Waals surface area contributed by atoms with Crippen molar-refractivity contribution in [1.82, 2.24) is 0 Å². The fourth-order valence-electron chi connectivity index (χ4n) is 20.9. The number of aliphatic carboxylic acids is 2. The maximum atomic E-state index is 13.6. The number of aliphatic hydroxyl groups excluding tert-OH is 2.